The van der Waals surface area contributed by atoms with Gasteiger partial charge >= 0.3 is 0 Å². The maximum absolute atomic E-state index is 14.0. The molecule has 2 aromatic rings. The largest absolute Gasteiger partial charge is 0.486 e. The zero-order chi connectivity index (χ0) is 14.5. The minimum Gasteiger partial charge on any atom is -0.486 e. The molecule has 0 saturated carbocycles. The molecule has 0 radical (unpaired) electrons. The van der Waals surface area contributed by atoms with Gasteiger partial charge in [0.25, 0.3) is 0 Å². The highest BCUT2D eigenvalue weighted by Crippen LogP contribution is 2.23. The van der Waals surface area contributed by atoms with Gasteiger partial charge in [-0.25, -0.2) is 4.39 Å². The Balaban J connectivity index is 2.04. The van der Waals surface area contributed by atoms with Crippen molar-refractivity contribution in [3.8, 4) is 5.75 Å². The van der Waals surface area contributed by atoms with E-state index in [1.54, 1.807) is 6.07 Å². The van der Waals surface area contributed by atoms with Crippen molar-refractivity contribution in [3.63, 3.8) is 0 Å². The average molecular weight is 385 g/mol. The third-order valence-electron chi connectivity index (χ3n) is 3.20. The van der Waals surface area contributed by atoms with Gasteiger partial charge < -0.3 is 10.1 Å². The van der Waals surface area contributed by atoms with Crippen molar-refractivity contribution in [2.24, 2.45) is 0 Å². The molecule has 0 aliphatic rings. The Bertz CT molecular complexity index is 571. The monoisotopic (exact) mass is 385 g/mol. The molecule has 0 aliphatic heterocycles. The minimum atomic E-state index is -0.324. The molecular weight excluding hydrogens is 368 g/mol. The van der Waals surface area contributed by atoms with Gasteiger partial charge in [0.05, 0.1) is 0 Å². The van der Waals surface area contributed by atoms with Crippen LogP contribution in [0.15, 0.2) is 42.5 Å². The Hall–Kier alpha value is -1.14. The lowest BCUT2D eigenvalue weighted by atomic mass is 10.1. The van der Waals surface area contributed by atoms with Crippen LogP contribution in [0, 0.1) is 9.39 Å². The molecule has 2 nitrogen and oxygen atoms in total. The summed E-state index contributed by atoms with van der Waals surface area (Å²) in [5.74, 6) is -0.0364. The van der Waals surface area contributed by atoms with E-state index in [1.165, 1.54) is 9.64 Å². The summed E-state index contributed by atoms with van der Waals surface area (Å²) in [7, 11) is 1.85. The van der Waals surface area contributed by atoms with E-state index >= 15 is 0 Å². The zero-order valence-electron chi connectivity index (χ0n) is 11.5. The molecule has 1 N–H and O–H groups in total. The van der Waals surface area contributed by atoms with Gasteiger partial charge in [0.2, 0.25) is 0 Å². The van der Waals surface area contributed by atoms with Crippen LogP contribution in [0.2, 0.25) is 0 Å². The molecule has 0 aromatic heterocycles. The summed E-state index contributed by atoms with van der Waals surface area (Å²) in [6.07, 6.45) is 0. The molecule has 0 saturated heterocycles. The maximum Gasteiger partial charge on any atom is 0.165 e. The second kappa shape index (κ2) is 7.04. The van der Waals surface area contributed by atoms with Gasteiger partial charge in [-0.2, -0.15) is 0 Å². The highest BCUT2D eigenvalue weighted by Gasteiger charge is 2.08. The van der Waals surface area contributed by atoms with Crippen LogP contribution in [0.3, 0.4) is 0 Å². The smallest absolute Gasteiger partial charge is 0.165 e. The summed E-state index contributed by atoms with van der Waals surface area (Å²) in [5, 5.41) is 3.08. The first-order chi connectivity index (χ1) is 9.60. The normalized spacial score (nSPS) is 12.2. The third-order valence-corrected chi connectivity index (χ3v) is 3.92. The summed E-state index contributed by atoms with van der Waals surface area (Å²) in [5.41, 5.74) is 1.93. The van der Waals surface area contributed by atoms with Crippen LogP contribution in [0.1, 0.15) is 24.1 Å². The van der Waals surface area contributed by atoms with E-state index in [9.17, 15) is 4.39 Å². The van der Waals surface area contributed by atoms with E-state index in [4.69, 9.17) is 4.74 Å². The molecule has 4 heteroatoms. The van der Waals surface area contributed by atoms with Crippen LogP contribution < -0.4 is 10.1 Å². The van der Waals surface area contributed by atoms with Crippen molar-refractivity contribution >= 4 is 22.6 Å². The number of ether oxygens (including phenoxy) is 1. The van der Waals surface area contributed by atoms with E-state index in [-0.39, 0.29) is 17.6 Å². The van der Waals surface area contributed by atoms with E-state index in [1.807, 2.05) is 44.3 Å². The van der Waals surface area contributed by atoms with Crippen molar-refractivity contribution in [1.29, 1.82) is 0 Å². The first-order valence-electron chi connectivity index (χ1n) is 6.44. The fourth-order valence-corrected chi connectivity index (χ4v) is 2.17. The average Bonchev–Trinajstić information content (AvgIpc) is 2.46. The van der Waals surface area contributed by atoms with Gasteiger partial charge in [-0.15, -0.1) is 0 Å². The summed E-state index contributed by atoms with van der Waals surface area (Å²) in [6.45, 7) is 2.36. The molecule has 0 fully saturated rings. The number of rotatable bonds is 5. The van der Waals surface area contributed by atoms with E-state index in [2.05, 4.69) is 27.9 Å². The predicted molar refractivity (Wildman–Crippen MR) is 87.4 cm³/mol. The van der Waals surface area contributed by atoms with Crippen LogP contribution in [0.4, 0.5) is 4.39 Å². The van der Waals surface area contributed by atoms with Crippen LogP contribution >= 0.6 is 22.6 Å². The lowest BCUT2D eigenvalue weighted by Gasteiger charge is -2.13. The molecule has 1 unspecified atom stereocenters. The van der Waals surface area contributed by atoms with E-state index in [0.717, 1.165) is 11.1 Å². The fraction of sp³-hybridized carbons (Fsp3) is 0.250. The van der Waals surface area contributed by atoms with E-state index < -0.39 is 0 Å². The quantitative estimate of drug-likeness (QED) is 0.776. The molecule has 0 amide bonds. The molecule has 0 aliphatic carbocycles. The maximum atomic E-state index is 14.0. The second-order valence-electron chi connectivity index (χ2n) is 4.62. The molecule has 0 spiro atoms. The number of nitrogens with one attached hydrogen (secondary N) is 1. The predicted octanol–water partition coefficient (Wildman–Crippen LogP) is 4.29. The van der Waals surface area contributed by atoms with Crippen LogP contribution in [-0.4, -0.2) is 7.05 Å². The highest BCUT2D eigenvalue weighted by atomic mass is 127. The molecule has 2 aromatic carbocycles. The number of halogens is 2. The number of hydrogen-bond donors (Lipinski definition) is 1. The summed E-state index contributed by atoms with van der Waals surface area (Å²) in [6, 6.07) is 13.2. The van der Waals surface area contributed by atoms with Gasteiger partial charge in [-0.05, 0) is 72.0 Å². The molecular formula is C16H17FINO. The summed E-state index contributed by atoms with van der Waals surface area (Å²) in [4.78, 5) is 0. The first kappa shape index (κ1) is 15.3. The molecule has 106 valence electrons. The minimum absolute atomic E-state index is 0.120. The molecule has 2 rings (SSSR count). The Morgan fingerprint density at radius 1 is 1.20 bits per heavy atom. The second-order valence-corrected chi connectivity index (χ2v) is 5.86. The Morgan fingerprint density at radius 2 is 1.90 bits per heavy atom. The Kier molecular flexibility index (Phi) is 5.37. The number of hydrogen-bond acceptors (Lipinski definition) is 2. The van der Waals surface area contributed by atoms with Crippen LogP contribution in [0.5, 0.6) is 5.75 Å². The fourth-order valence-electron chi connectivity index (χ4n) is 1.81. The zero-order valence-corrected chi connectivity index (χ0v) is 13.6. The molecule has 1 atom stereocenters. The SMILES string of the molecule is CNC(C)c1ccc(OCc2ccc(I)cc2)c(F)c1. The Labute approximate surface area is 132 Å². The summed E-state index contributed by atoms with van der Waals surface area (Å²) < 4.78 is 20.7. The standard InChI is InChI=1S/C16H17FINO/c1-11(19-2)13-5-8-16(15(17)9-13)20-10-12-3-6-14(18)7-4-12/h3-9,11,19H,10H2,1-2H3. The van der Waals surface area contributed by atoms with Crippen molar-refractivity contribution < 1.29 is 9.13 Å². The van der Waals surface area contributed by atoms with Gasteiger partial charge in [0, 0.05) is 9.61 Å². The van der Waals surface area contributed by atoms with E-state index in [0.29, 0.717) is 6.61 Å². The third kappa shape index (κ3) is 3.93. The van der Waals surface area contributed by atoms with Crippen molar-refractivity contribution in [1.82, 2.24) is 5.32 Å². The molecule has 0 bridgehead atoms. The number of benzene rings is 2. The van der Waals surface area contributed by atoms with Crippen molar-refractivity contribution in [2.45, 2.75) is 19.6 Å². The van der Waals surface area contributed by atoms with Crippen molar-refractivity contribution in [3.05, 3.63) is 63.0 Å². The van der Waals surface area contributed by atoms with Gasteiger partial charge in [0.15, 0.2) is 11.6 Å². The van der Waals surface area contributed by atoms with Gasteiger partial charge in [-0.1, -0.05) is 18.2 Å². The van der Waals surface area contributed by atoms with Gasteiger partial charge in [0.1, 0.15) is 6.61 Å². The van der Waals surface area contributed by atoms with Crippen molar-refractivity contribution in [2.75, 3.05) is 7.05 Å². The van der Waals surface area contributed by atoms with Crippen LogP contribution in [-0.2, 0) is 6.61 Å². The molecule has 0 heterocycles. The first-order valence-corrected chi connectivity index (χ1v) is 7.52. The van der Waals surface area contributed by atoms with Crippen LogP contribution in [0.25, 0.3) is 0 Å². The van der Waals surface area contributed by atoms with Gasteiger partial charge in [-0.3, -0.25) is 0 Å². The lowest BCUT2D eigenvalue weighted by Crippen LogP contribution is -2.12. The summed E-state index contributed by atoms with van der Waals surface area (Å²) >= 11 is 2.25. The highest BCUT2D eigenvalue weighted by molar-refractivity contribution is 14.1. The topological polar surface area (TPSA) is 21.3 Å². The molecule has 20 heavy (non-hydrogen) atoms. The Morgan fingerprint density at radius 3 is 2.50 bits per heavy atom. The lowest BCUT2D eigenvalue weighted by molar-refractivity contribution is 0.290.